The van der Waals surface area contributed by atoms with E-state index < -0.39 is 24.0 Å². The predicted octanol–water partition coefficient (Wildman–Crippen LogP) is 2.51. The molecule has 0 spiro atoms. The van der Waals surface area contributed by atoms with Gasteiger partial charge < -0.3 is 14.8 Å². The molecule has 5 nitrogen and oxygen atoms in total. The summed E-state index contributed by atoms with van der Waals surface area (Å²) in [6, 6.07) is 5.18. The summed E-state index contributed by atoms with van der Waals surface area (Å²) in [7, 11) is 1.48. The summed E-state index contributed by atoms with van der Waals surface area (Å²) in [6.45, 7) is 2.97. The number of pyridine rings is 1. The first-order chi connectivity index (χ1) is 10.8. The number of carboxylic acids is 1. The second-order valence-corrected chi connectivity index (χ2v) is 5.60. The third-order valence-corrected chi connectivity index (χ3v) is 3.78. The van der Waals surface area contributed by atoms with E-state index in [9.17, 15) is 24.2 Å². The molecule has 0 aliphatic carbocycles. The zero-order valence-corrected chi connectivity index (χ0v) is 13.1. The number of carboxylic acid groups (broad SMARTS) is 1. The molecule has 1 heterocycles. The van der Waals surface area contributed by atoms with Gasteiger partial charge in [-0.15, -0.1) is 0 Å². The van der Waals surface area contributed by atoms with Crippen molar-refractivity contribution in [3.63, 3.8) is 0 Å². The highest BCUT2D eigenvalue weighted by atomic mass is 19.1. The third-order valence-electron chi connectivity index (χ3n) is 3.78. The average Bonchev–Trinajstić information content (AvgIpc) is 2.49. The smallest absolute Gasteiger partial charge is 0.338 e. The first kappa shape index (κ1) is 16.9. The minimum Gasteiger partial charge on any atom is -0.478 e. The van der Waals surface area contributed by atoms with Crippen molar-refractivity contribution in [2.75, 3.05) is 0 Å². The SMILES string of the molecule is CC(C)c1c(C(=O)O)c(-c2ccc(F)cc2)c(CO)c(=O)n1C. The number of aliphatic hydroxyl groups is 1. The highest BCUT2D eigenvalue weighted by molar-refractivity contribution is 5.98. The fourth-order valence-corrected chi connectivity index (χ4v) is 2.84. The maximum atomic E-state index is 13.2. The summed E-state index contributed by atoms with van der Waals surface area (Å²) in [6.07, 6.45) is 0. The van der Waals surface area contributed by atoms with Crippen LogP contribution in [0.25, 0.3) is 11.1 Å². The van der Waals surface area contributed by atoms with E-state index in [0.29, 0.717) is 11.3 Å². The predicted molar refractivity (Wildman–Crippen MR) is 84.0 cm³/mol. The Balaban J connectivity index is 3.01. The number of aromatic carboxylic acids is 1. The van der Waals surface area contributed by atoms with Gasteiger partial charge in [-0.05, 0) is 23.6 Å². The van der Waals surface area contributed by atoms with Crippen LogP contribution in [0.4, 0.5) is 4.39 Å². The van der Waals surface area contributed by atoms with Gasteiger partial charge in [-0.2, -0.15) is 0 Å². The quantitative estimate of drug-likeness (QED) is 0.907. The summed E-state index contributed by atoms with van der Waals surface area (Å²) in [5.41, 5.74) is 0.373. The first-order valence-electron chi connectivity index (χ1n) is 7.15. The molecular formula is C17H18FNO4. The van der Waals surface area contributed by atoms with Crippen molar-refractivity contribution in [1.29, 1.82) is 0 Å². The summed E-state index contributed by atoms with van der Waals surface area (Å²) >= 11 is 0. The Labute approximate surface area is 132 Å². The summed E-state index contributed by atoms with van der Waals surface area (Å²) in [5, 5.41) is 19.3. The molecule has 1 aromatic heterocycles. The molecule has 0 saturated heterocycles. The van der Waals surface area contributed by atoms with E-state index in [1.54, 1.807) is 13.8 Å². The van der Waals surface area contributed by atoms with Crippen LogP contribution >= 0.6 is 0 Å². The molecule has 2 rings (SSSR count). The number of rotatable bonds is 4. The number of hydrogen-bond acceptors (Lipinski definition) is 3. The number of aromatic nitrogens is 1. The number of nitrogens with zero attached hydrogens (tertiary/aromatic N) is 1. The standard InChI is InChI=1S/C17H18FNO4/c1-9(2)15-14(17(22)23)13(10-4-6-11(18)7-5-10)12(8-20)16(21)19(15)3/h4-7,9,20H,8H2,1-3H3,(H,22,23). The highest BCUT2D eigenvalue weighted by Crippen LogP contribution is 2.31. The van der Waals surface area contributed by atoms with E-state index in [1.165, 1.54) is 35.9 Å². The first-order valence-corrected chi connectivity index (χ1v) is 7.15. The van der Waals surface area contributed by atoms with Gasteiger partial charge in [0.25, 0.3) is 5.56 Å². The van der Waals surface area contributed by atoms with Gasteiger partial charge in [-0.3, -0.25) is 4.79 Å². The number of hydrogen-bond donors (Lipinski definition) is 2. The Morgan fingerprint density at radius 3 is 2.26 bits per heavy atom. The van der Waals surface area contributed by atoms with Crippen LogP contribution in [0.15, 0.2) is 29.1 Å². The molecule has 0 bridgehead atoms. The fraction of sp³-hybridized carbons (Fsp3) is 0.294. The van der Waals surface area contributed by atoms with E-state index in [4.69, 9.17) is 0 Å². The van der Waals surface area contributed by atoms with E-state index in [-0.39, 0.29) is 22.6 Å². The fourth-order valence-electron chi connectivity index (χ4n) is 2.84. The lowest BCUT2D eigenvalue weighted by Crippen LogP contribution is -2.29. The average molecular weight is 319 g/mol. The van der Waals surface area contributed by atoms with Gasteiger partial charge in [0.05, 0.1) is 17.7 Å². The van der Waals surface area contributed by atoms with Crippen molar-refractivity contribution in [2.45, 2.75) is 26.4 Å². The van der Waals surface area contributed by atoms with Crippen LogP contribution in [0.3, 0.4) is 0 Å². The third kappa shape index (κ3) is 2.90. The Bertz CT molecular complexity index is 807. The van der Waals surface area contributed by atoms with E-state index in [2.05, 4.69) is 0 Å². The van der Waals surface area contributed by atoms with Crippen molar-refractivity contribution < 1.29 is 19.4 Å². The molecule has 0 aliphatic heterocycles. The Hall–Kier alpha value is -2.47. The zero-order chi connectivity index (χ0) is 17.3. The molecule has 0 atom stereocenters. The molecule has 0 unspecified atom stereocenters. The molecule has 0 aliphatic rings. The van der Waals surface area contributed by atoms with Gasteiger partial charge in [-0.1, -0.05) is 26.0 Å². The molecule has 0 fully saturated rings. The van der Waals surface area contributed by atoms with Crippen LogP contribution in [0.5, 0.6) is 0 Å². The molecule has 0 radical (unpaired) electrons. The maximum absolute atomic E-state index is 13.2. The summed E-state index contributed by atoms with van der Waals surface area (Å²) in [5.74, 6) is -1.88. The van der Waals surface area contributed by atoms with Gasteiger partial charge in [0.2, 0.25) is 0 Å². The van der Waals surface area contributed by atoms with E-state index >= 15 is 0 Å². The second kappa shape index (κ2) is 6.34. The van der Waals surface area contributed by atoms with Crippen molar-refractivity contribution >= 4 is 5.97 Å². The Kier molecular flexibility index (Phi) is 4.65. The van der Waals surface area contributed by atoms with Crippen molar-refractivity contribution in [1.82, 2.24) is 4.57 Å². The second-order valence-electron chi connectivity index (χ2n) is 5.60. The minimum absolute atomic E-state index is 0.0130. The highest BCUT2D eigenvalue weighted by Gasteiger charge is 2.26. The molecule has 6 heteroatoms. The lowest BCUT2D eigenvalue weighted by Gasteiger charge is -2.21. The van der Waals surface area contributed by atoms with Crippen LogP contribution in [0.2, 0.25) is 0 Å². The number of benzene rings is 1. The van der Waals surface area contributed by atoms with Crippen LogP contribution in [0, 0.1) is 5.82 Å². The number of carbonyl (C=O) groups is 1. The maximum Gasteiger partial charge on any atom is 0.338 e. The van der Waals surface area contributed by atoms with Crippen molar-refractivity contribution in [3.05, 3.63) is 57.3 Å². The normalized spacial score (nSPS) is 11.0. The molecule has 2 N–H and O–H groups in total. The topological polar surface area (TPSA) is 79.5 Å². The molecule has 1 aromatic carbocycles. The molecule has 2 aromatic rings. The van der Waals surface area contributed by atoms with Crippen LogP contribution in [0.1, 0.15) is 41.4 Å². The van der Waals surface area contributed by atoms with Crippen LogP contribution in [-0.4, -0.2) is 20.7 Å². The minimum atomic E-state index is -1.20. The number of halogens is 1. The monoisotopic (exact) mass is 319 g/mol. The summed E-state index contributed by atoms with van der Waals surface area (Å²) in [4.78, 5) is 24.3. The Morgan fingerprint density at radius 1 is 1.26 bits per heavy atom. The van der Waals surface area contributed by atoms with Gasteiger partial charge in [0.1, 0.15) is 5.82 Å². The summed E-state index contributed by atoms with van der Waals surface area (Å²) < 4.78 is 14.4. The number of aliphatic hydroxyl groups excluding tert-OH is 1. The molecule has 0 saturated carbocycles. The lowest BCUT2D eigenvalue weighted by atomic mass is 9.90. The van der Waals surface area contributed by atoms with Crippen LogP contribution in [-0.2, 0) is 13.7 Å². The zero-order valence-electron chi connectivity index (χ0n) is 13.1. The van der Waals surface area contributed by atoms with Crippen molar-refractivity contribution in [3.8, 4) is 11.1 Å². The molecule has 0 amide bonds. The largest absolute Gasteiger partial charge is 0.478 e. The van der Waals surface area contributed by atoms with Gasteiger partial charge in [0.15, 0.2) is 0 Å². The lowest BCUT2D eigenvalue weighted by molar-refractivity contribution is 0.0694. The van der Waals surface area contributed by atoms with Crippen LogP contribution < -0.4 is 5.56 Å². The Morgan fingerprint density at radius 2 is 1.83 bits per heavy atom. The van der Waals surface area contributed by atoms with E-state index in [1.807, 2.05) is 0 Å². The van der Waals surface area contributed by atoms with Gasteiger partial charge in [0, 0.05) is 18.3 Å². The van der Waals surface area contributed by atoms with Crippen molar-refractivity contribution in [2.24, 2.45) is 7.05 Å². The van der Waals surface area contributed by atoms with Gasteiger partial charge in [-0.25, -0.2) is 9.18 Å². The van der Waals surface area contributed by atoms with E-state index in [0.717, 1.165) is 0 Å². The molecular weight excluding hydrogens is 301 g/mol. The molecule has 23 heavy (non-hydrogen) atoms. The molecule has 122 valence electrons. The van der Waals surface area contributed by atoms with Gasteiger partial charge >= 0.3 is 5.97 Å².